The van der Waals surface area contributed by atoms with E-state index in [1.54, 1.807) is 17.5 Å². The Morgan fingerprint density at radius 1 is 1.33 bits per heavy atom. The minimum Gasteiger partial charge on any atom is -0.423 e. The van der Waals surface area contributed by atoms with Crippen LogP contribution < -0.4 is 5.46 Å². The highest BCUT2D eigenvalue weighted by Crippen LogP contribution is 2.23. The van der Waals surface area contributed by atoms with Crippen molar-refractivity contribution >= 4 is 39.7 Å². The van der Waals surface area contributed by atoms with Crippen molar-refractivity contribution in [2.45, 2.75) is 0 Å². The monoisotopic (exact) mass is 223 g/mol. The van der Waals surface area contributed by atoms with Crippen LogP contribution in [0.4, 0.5) is 5.69 Å². The van der Waals surface area contributed by atoms with Gasteiger partial charge in [-0.05, 0) is 22.9 Å². The van der Waals surface area contributed by atoms with Crippen LogP contribution in [0.2, 0.25) is 0 Å². The molecule has 1 heterocycles. The Hall–Kier alpha value is -1.44. The van der Waals surface area contributed by atoms with Crippen molar-refractivity contribution in [3.05, 3.63) is 33.7 Å². The summed E-state index contributed by atoms with van der Waals surface area (Å²) in [6, 6.07) is 4.65. The van der Waals surface area contributed by atoms with Crippen molar-refractivity contribution in [1.82, 2.24) is 0 Å². The van der Waals surface area contributed by atoms with Gasteiger partial charge in [0.05, 0.1) is 10.4 Å². The number of fused-ring (bicyclic) bond motifs is 1. The number of nitrogens with zero attached hydrogens (tertiary/aromatic N) is 1. The van der Waals surface area contributed by atoms with Gasteiger partial charge in [0.2, 0.25) is 0 Å². The first-order valence-corrected chi connectivity index (χ1v) is 5.00. The van der Waals surface area contributed by atoms with Gasteiger partial charge in [0.1, 0.15) is 0 Å². The number of benzene rings is 1. The zero-order valence-electron chi connectivity index (χ0n) is 7.45. The SMILES string of the molecule is O=[N+]([O-])c1ccc2ccsc2c1B(O)O. The molecule has 0 aliphatic carbocycles. The summed E-state index contributed by atoms with van der Waals surface area (Å²) in [4.78, 5) is 10.1. The summed E-state index contributed by atoms with van der Waals surface area (Å²) in [5.41, 5.74) is -0.299. The molecule has 0 amide bonds. The number of thiophene rings is 1. The van der Waals surface area contributed by atoms with Gasteiger partial charge >= 0.3 is 7.12 Å². The molecule has 0 bridgehead atoms. The lowest BCUT2D eigenvalue weighted by molar-refractivity contribution is -0.383. The van der Waals surface area contributed by atoms with E-state index in [4.69, 9.17) is 10.0 Å². The van der Waals surface area contributed by atoms with Gasteiger partial charge in [0.25, 0.3) is 5.69 Å². The highest BCUT2D eigenvalue weighted by molar-refractivity contribution is 7.18. The van der Waals surface area contributed by atoms with E-state index in [1.165, 1.54) is 17.4 Å². The Kier molecular flexibility index (Phi) is 2.43. The first kappa shape index (κ1) is 10.1. The molecule has 0 aliphatic rings. The van der Waals surface area contributed by atoms with Gasteiger partial charge < -0.3 is 10.0 Å². The molecule has 5 nitrogen and oxygen atoms in total. The Labute approximate surface area is 88.9 Å². The lowest BCUT2D eigenvalue weighted by Gasteiger charge is -2.02. The van der Waals surface area contributed by atoms with Gasteiger partial charge in [-0.1, -0.05) is 0 Å². The molecule has 0 spiro atoms. The van der Waals surface area contributed by atoms with Crippen LogP contribution in [0, 0.1) is 10.1 Å². The quantitative estimate of drug-likeness (QED) is 0.440. The molecule has 15 heavy (non-hydrogen) atoms. The van der Waals surface area contributed by atoms with E-state index in [2.05, 4.69) is 0 Å². The number of hydrogen-bond acceptors (Lipinski definition) is 5. The topological polar surface area (TPSA) is 83.6 Å². The van der Waals surface area contributed by atoms with E-state index in [9.17, 15) is 10.1 Å². The molecule has 0 saturated carbocycles. The first-order valence-electron chi connectivity index (χ1n) is 4.12. The van der Waals surface area contributed by atoms with Gasteiger partial charge in [-0.25, -0.2) is 0 Å². The van der Waals surface area contributed by atoms with Gasteiger partial charge in [0, 0.05) is 10.8 Å². The Morgan fingerprint density at radius 2 is 2.07 bits per heavy atom. The second-order valence-electron chi connectivity index (χ2n) is 2.97. The molecule has 1 aromatic carbocycles. The van der Waals surface area contributed by atoms with Crippen molar-refractivity contribution < 1.29 is 15.0 Å². The third-order valence-electron chi connectivity index (χ3n) is 2.09. The van der Waals surface area contributed by atoms with Crippen LogP contribution in [0.15, 0.2) is 23.6 Å². The van der Waals surface area contributed by atoms with E-state index < -0.39 is 12.0 Å². The number of hydrogen-bond donors (Lipinski definition) is 2. The minimum absolute atomic E-state index is 0.0347. The largest absolute Gasteiger partial charge is 0.497 e. The van der Waals surface area contributed by atoms with E-state index in [-0.39, 0.29) is 11.2 Å². The standard InChI is InChI=1S/C8H6BNO4S/c11-9(12)7-6(10(13)14)2-1-5-3-4-15-8(5)7/h1-4,11-12H. The molecule has 7 heteroatoms. The minimum atomic E-state index is -1.83. The smallest absolute Gasteiger partial charge is 0.423 e. The zero-order valence-corrected chi connectivity index (χ0v) is 8.27. The highest BCUT2D eigenvalue weighted by Gasteiger charge is 2.26. The number of nitro groups is 1. The highest BCUT2D eigenvalue weighted by atomic mass is 32.1. The van der Waals surface area contributed by atoms with Gasteiger partial charge in [-0.2, -0.15) is 0 Å². The second-order valence-corrected chi connectivity index (χ2v) is 3.88. The average molecular weight is 223 g/mol. The number of nitro benzene ring substituents is 1. The summed E-state index contributed by atoms with van der Waals surface area (Å²) >= 11 is 1.25. The lowest BCUT2D eigenvalue weighted by Crippen LogP contribution is -2.32. The van der Waals surface area contributed by atoms with Gasteiger partial charge in [0.15, 0.2) is 0 Å². The fourth-order valence-corrected chi connectivity index (χ4v) is 2.41. The van der Waals surface area contributed by atoms with Crippen molar-refractivity contribution in [1.29, 1.82) is 0 Å². The second kappa shape index (κ2) is 3.61. The van der Waals surface area contributed by atoms with Gasteiger partial charge in [-0.15, -0.1) is 11.3 Å². The first-order chi connectivity index (χ1) is 7.11. The molecule has 0 fully saturated rings. The molecule has 76 valence electrons. The summed E-state index contributed by atoms with van der Waals surface area (Å²) in [6.45, 7) is 0. The maximum absolute atomic E-state index is 10.7. The van der Waals surface area contributed by atoms with E-state index in [0.717, 1.165) is 5.39 Å². The maximum atomic E-state index is 10.7. The van der Waals surface area contributed by atoms with Crippen LogP contribution >= 0.6 is 11.3 Å². The molecule has 0 radical (unpaired) electrons. The van der Waals surface area contributed by atoms with Crippen LogP contribution in [0.5, 0.6) is 0 Å². The zero-order chi connectivity index (χ0) is 11.0. The van der Waals surface area contributed by atoms with E-state index >= 15 is 0 Å². The normalized spacial score (nSPS) is 10.5. The van der Waals surface area contributed by atoms with Crippen molar-refractivity contribution in [2.24, 2.45) is 0 Å². The molecule has 0 unspecified atom stereocenters. The molecule has 2 N–H and O–H groups in total. The predicted octanol–water partition coefficient (Wildman–Crippen LogP) is 0.489. The van der Waals surface area contributed by atoms with Crippen LogP contribution in [-0.2, 0) is 0 Å². The molecule has 1 aromatic heterocycles. The molecule has 2 aromatic rings. The molecule has 2 rings (SSSR count). The third kappa shape index (κ3) is 1.60. The molecule has 0 saturated heterocycles. The summed E-state index contributed by atoms with van der Waals surface area (Å²) in [5, 5.41) is 31.5. The summed E-state index contributed by atoms with van der Waals surface area (Å²) < 4.78 is 0.541. The summed E-state index contributed by atoms with van der Waals surface area (Å²) in [5.74, 6) is 0. The van der Waals surface area contributed by atoms with Crippen molar-refractivity contribution in [3.8, 4) is 0 Å². The maximum Gasteiger partial charge on any atom is 0.497 e. The van der Waals surface area contributed by atoms with E-state index in [0.29, 0.717) is 4.70 Å². The van der Waals surface area contributed by atoms with Crippen LogP contribution in [-0.4, -0.2) is 22.1 Å². The Bertz CT molecular complexity index is 524. The Balaban J connectivity index is 2.81. The van der Waals surface area contributed by atoms with Crippen LogP contribution in [0.3, 0.4) is 0 Å². The summed E-state index contributed by atoms with van der Waals surface area (Å²) in [6.07, 6.45) is 0. The summed E-state index contributed by atoms with van der Waals surface area (Å²) in [7, 11) is -1.83. The van der Waals surface area contributed by atoms with Gasteiger partial charge in [-0.3, -0.25) is 10.1 Å². The van der Waals surface area contributed by atoms with Crippen molar-refractivity contribution in [3.63, 3.8) is 0 Å². The van der Waals surface area contributed by atoms with Crippen LogP contribution in [0.25, 0.3) is 10.1 Å². The Morgan fingerprint density at radius 3 is 2.67 bits per heavy atom. The third-order valence-corrected chi connectivity index (χ3v) is 3.06. The molecule has 0 atom stereocenters. The number of rotatable bonds is 2. The van der Waals surface area contributed by atoms with E-state index in [1.807, 2.05) is 0 Å². The fraction of sp³-hybridized carbons (Fsp3) is 0. The molecular formula is C8H6BNO4S. The fourth-order valence-electron chi connectivity index (χ4n) is 1.45. The predicted molar refractivity (Wildman–Crippen MR) is 58.3 cm³/mol. The molecular weight excluding hydrogens is 217 g/mol. The molecule has 0 aliphatic heterocycles. The van der Waals surface area contributed by atoms with Crippen LogP contribution in [0.1, 0.15) is 0 Å². The van der Waals surface area contributed by atoms with Crippen molar-refractivity contribution in [2.75, 3.05) is 0 Å². The lowest BCUT2D eigenvalue weighted by atomic mass is 9.78. The average Bonchev–Trinajstić information content (AvgIpc) is 2.62.